The van der Waals surface area contributed by atoms with Crippen LogP contribution in [-0.4, -0.2) is 44.5 Å². The lowest BCUT2D eigenvalue weighted by Crippen LogP contribution is -2.44. The summed E-state index contributed by atoms with van der Waals surface area (Å²) in [5, 5.41) is 0. The van der Waals surface area contributed by atoms with Crippen molar-refractivity contribution < 1.29 is 37.0 Å². The predicted molar refractivity (Wildman–Crippen MR) is 109 cm³/mol. The third-order valence-electron chi connectivity index (χ3n) is 3.98. The molecule has 0 aromatic heterocycles. The van der Waals surface area contributed by atoms with E-state index in [0.29, 0.717) is 19.3 Å². The Kier molecular flexibility index (Phi) is 11.1. The first kappa shape index (κ1) is 25.6. The third-order valence-corrected chi connectivity index (χ3v) is 5.92. The average Bonchev–Trinajstić information content (AvgIpc) is 2.70. The van der Waals surface area contributed by atoms with E-state index in [1.807, 2.05) is 0 Å². The minimum atomic E-state index is -4.25. The fourth-order valence-corrected chi connectivity index (χ4v) is 4.10. The number of ether oxygens (including phenoxy) is 3. The number of esters is 3. The average molecular weight is 443 g/mol. The monoisotopic (exact) mass is 442 g/mol. The van der Waals surface area contributed by atoms with Crippen molar-refractivity contribution in [2.75, 3.05) is 6.61 Å². The van der Waals surface area contributed by atoms with Gasteiger partial charge in [-0.1, -0.05) is 39.0 Å². The van der Waals surface area contributed by atoms with Crippen LogP contribution in [0.3, 0.4) is 0 Å². The minimum Gasteiger partial charge on any atom is -0.462 e. The number of carbonyl (C=O) groups is 3. The van der Waals surface area contributed by atoms with Gasteiger partial charge in [0.15, 0.2) is 6.10 Å². The van der Waals surface area contributed by atoms with Gasteiger partial charge in [0, 0.05) is 19.3 Å². The van der Waals surface area contributed by atoms with Gasteiger partial charge >= 0.3 is 17.9 Å². The summed E-state index contributed by atoms with van der Waals surface area (Å²) in [6.45, 7) is 4.75. The molecule has 2 atom stereocenters. The van der Waals surface area contributed by atoms with Crippen LogP contribution in [0.2, 0.25) is 0 Å². The van der Waals surface area contributed by atoms with Crippen molar-refractivity contribution in [3.63, 3.8) is 0 Å². The molecule has 0 spiro atoms. The zero-order valence-corrected chi connectivity index (χ0v) is 18.5. The number of rotatable bonds is 13. The molecule has 0 saturated carbocycles. The van der Waals surface area contributed by atoms with Crippen LogP contribution in [-0.2, 0) is 38.4 Å². The molecule has 0 N–H and O–H groups in total. The van der Waals surface area contributed by atoms with Gasteiger partial charge in [-0.05, 0) is 31.4 Å². The van der Waals surface area contributed by atoms with Gasteiger partial charge in [0.25, 0.3) is 0 Å². The standard InChI is InChI=1S/C21H30O8S/c1-4-10-18(22)27-15-17(28-19(23)11-5-2)21(29-20(24)12-6-3)30(25,26)16-13-8-7-9-14-16/h7-9,13-14,17,21H,4-6,10-12,15H2,1-3H3. The Hall–Kier alpha value is -2.42. The van der Waals surface area contributed by atoms with E-state index in [-0.39, 0.29) is 24.2 Å². The second kappa shape index (κ2) is 13.0. The fraction of sp³-hybridized carbons (Fsp3) is 0.571. The number of sulfone groups is 1. The Labute approximate surface area is 177 Å². The molecule has 0 saturated heterocycles. The highest BCUT2D eigenvalue weighted by molar-refractivity contribution is 7.92. The van der Waals surface area contributed by atoms with Crippen LogP contribution < -0.4 is 0 Å². The summed E-state index contributed by atoms with van der Waals surface area (Å²) >= 11 is 0. The molecule has 0 aliphatic rings. The number of benzene rings is 1. The normalized spacial score (nSPS) is 13.2. The van der Waals surface area contributed by atoms with E-state index < -0.39 is 45.9 Å². The van der Waals surface area contributed by atoms with Gasteiger partial charge in [-0.3, -0.25) is 14.4 Å². The van der Waals surface area contributed by atoms with E-state index in [1.54, 1.807) is 26.8 Å². The molecule has 0 amide bonds. The van der Waals surface area contributed by atoms with Gasteiger partial charge in [0.05, 0.1) is 4.90 Å². The first-order valence-corrected chi connectivity index (χ1v) is 11.6. The molecule has 1 aromatic rings. The summed E-state index contributed by atoms with van der Waals surface area (Å²) in [7, 11) is -4.25. The van der Waals surface area contributed by atoms with Crippen LogP contribution in [0.1, 0.15) is 59.3 Å². The molecular formula is C21H30O8S. The first-order chi connectivity index (χ1) is 14.3. The molecule has 9 heteroatoms. The maximum atomic E-state index is 13.2. The molecule has 0 fully saturated rings. The molecule has 0 bridgehead atoms. The van der Waals surface area contributed by atoms with Crippen molar-refractivity contribution in [1.82, 2.24) is 0 Å². The molecule has 0 heterocycles. The Morgan fingerprint density at radius 3 is 1.83 bits per heavy atom. The molecule has 2 unspecified atom stereocenters. The maximum absolute atomic E-state index is 13.2. The van der Waals surface area contributed by atoms with Crippen LogP contribution in [0.5, 0.6) is 0 Å². The highest BCUT2D eigenvalue weighted by Gasteiger charge is 2.41. The second-order valence-corrected chi connectivity index (χ2v) is 8.70. The van der Waals surface area contributed by atoms with Gasteiger partial charge in [-0.25, -0.2) is 8.42 Å². The van der Waals surface area contributed by atoms with Crippen molar-refractivity contribution in [3.05, 3.63) is 30.3 Å². The topological polar surface area (TPSA) is 113 Å². The van der Waals surface area contributed by atoms with Gasteiger partial charge in [-0.2, -0.15) is 0 Å². The fourth-order valence-electron chi connectivity index (χ4n) is 2.53. The Balaban J connectivity index is 3.28. The van der Waals surface area contributed by atoms with Crippen molar-refractivity contribution in [3.8, 4) is 0 Å². The molecule has 0 radical (unpaired) electrons. The van der Waals surface area contributed by atoms with E-state index in [0.717, 1.165) is 0 Å². The third kappa shape index (κ3) is 8.14. The van der Waals surface area contributed by atoms with Crippen molar-refractivity contribution in [1.29, 1.82) is 0 Å². The predicted octanol–water partition coefficient (Wildman–Crippen LogP) is 3.18. The van der Waals surface area contributed by atoms with Crippen molar-refractivity contribution in [2.45, 2.75) is 75.7 Å². The number of hydrogen-bond acceptors (Lipinski definition) is 8. The van der Waals surface area contributed by atoms with Crippen LogP contribution in [0.15, 0.2) is 35.2 Å². The highest BCUT2D eigenvalue weighted by Crippen LogP contribution is 2.23. The zero-order chi connectivity index (χ0) is 22.6. The summed E-state index contributed by atoms with van der Waals surface area (Å²) in [6.07, 6.45) is 0.135. The maximum Gasteiger partial charge on any atom is 0.307 e. The van der Waals surface area contributed by atoms with E-state index >= 15 is 0 Å². The summed E-state index contributed by atoms with van der Waals surface area (Å²) in [6, 6.07) is 7.39. The van der Waals surface area contributed by atoms with Gasteiger partial charge in [0.1, 0.15) is 6.61 Å². The smallest absolute Gasteiger partial charge is 0.307 e. The van der Waals surface area contributed by atoms with E-state index in [2.05, 4.69) is 0 Å². The summed E-state index contributed by atoms with van der Waals surface area (Å²) < 4.78 is 42.1. The molecule has 0 aliphatic heterocycles. The molecular weight excluding hydrogens is 412 g/mol. The van der Waals surface area contributed by atoms with Crippen LogP contribution >= 0.6 is 0 Å². The van der Waals surface area contributed by atoms with Crippen molar-refractivity contribution >= 4 is 27.7 Å². The van der Waals surface area contributed by atoms with E-state index in [9.17, 15) is 22.8 Å². The molecule has 30 heavy (non-hydrogen) atoms. The largest absolute Gasteiger partial charge is 0.462 e. The van der Waals surface area contributed by atoms with Gasteiger partial charge in [-0.15, -0.1) is 0 Å². The van der Waals surface area contributed by atoms with E-state index in [1.165, 1.54) is 24.3 Å². The Morgan fingerprint density at radius 1 is 0.800 bits per heavy atom. The van der Waals surface area contributed by atoms with Gasteiger partial charge in [0.2, 0.25) is 15.3 Å². The number of carbonyl (C=O) groups excluding carboxylic acids is 3. The summed E-state index contributed by atoms with van der Waals surface area (Å²) in [5.74, 6) is -1.99. The minimum absolute atomic E-state index is 0.00788. The highest BCUT2D eigenvalue weighted by atomic mass is 32.2. The van der Waals surface area contributed by atoms with E-state index in [4.69, 9.17) is 14.2 Å². The Morgan fingerprint density at radius 2 is 1.30 bits per heavy atom. The summed E-state index contributed by atoms with van der Waals surface area (Å²) in [5.41, 5.74) is -1.84. The van der Waals surface area contributed by atoms with Crippen LogP contribution in [0.4, 0.5) is 0 Å². The molecule has 168 valence electrons. The lowest BCUT2D eigenvalue weighted by molar-refractivity contribution is -0.169. The molecule has 1 aromatic carbocycles. The molecule has 8 nitrogen and oxygen atoms in total. The SMILES string of the molecule is CCCC(=O)OCC(OC(=O)CCC)C(OC(=O)CCC)S(=O)(=O)c1ccccc1. The summed E-state index contributed by atoms with van der Waals surface area (Å²) in [4.78, 5) is 36.0. The lowest BCUT2D eigenvalue weighted by Gasteiger charge is -2.26. The Bertz CT molecular complexity index is 788. The zero-order valence-electron chi connectivity index (χ0n) is 17.7. The van der Waals surface area contributed by atoms with Crippen LogP contribution in [0.25, 0.3) is 0 Å². The molecule has 1 rings (SSSR count). The second-order valence-electron chi connectivity index (χ2n) is 6.68. The lowest BCUT2D eigenvalue weighted by atomic mass is 10.3. The van der Waals surface area contributed by atoms with Crippen LogP contribution in [0, 0.1) is 0 Å². The number of hydrogen-bond donors (Lipinski definition) is 0. The molecule has 0 aliphatic carbocycles. The first-order valence-electron chi connectivity index (χ1n) is 10.1. The van der Waals surface area contributed by atoms with Crippen molar-refractivity contribution in [2.24, 2.45) is 0 Å². The van der Waals surface area contributed by atoms with Gasteiger partial charge < -0.3 is 14.2 Å². The quantitative estimate of drug-likeness (QED) is 0.338.